The zero-order chi connectivity index (χ0) is 15.5. The van der Waals surface area contributed by atoms with Crippen molar-refractivity contribution in [2.75, 3.05) is 11.9 Å². The fourth-order valence-corrected chi connectivity index (χ4v) is 2.43. The highest BCUT2D eigenvalue weighted by molar-refractivity contribution is 9.10. The minimum atomic E-state index is -4.37. The van der Waals surface area contributed by atoms with E-state index in [1.807, 2.05) is 37.3 Å². The molecule has 2 aromatic rings. The molecule has 0 aliphatic heterocycles. The van der Waals surface area contributed by atoms with Crippen molar-refractivity contribution in [3.05, 3.63) is 64.1 Å². The molecule has 0 heterocycles. The topological polar surface area (TPSA) is 12.0 Å². The summed E-state index contributed by atoms with van der Waals surface area (Å²) in [4.78, 5) is 0. The van der Waals surface area contributed by atoms with E-state index in [-0.39, 0.29) is 11.6 Å². The van der Waals surface area contributed by atoms with Crippen LogP contribution < -0.4 is 5.32 Å². The highest BCUT2D eigenvalue weighted by Crippen LogP contribution is 2.36. The SMILES string of the molecule is CC(CNc1ccc(Br)cc1C(F)(F)F)c1ccccc1. The zero-order valence-corrected chi connectivity index (χ0v) is 13.0. The Morgan fingerprint density at radius 1 is 1.10 bits per heavy atom. The summed E-state index contributed by atoms with van der Waals surface area (Å²) >= 11 is 3.08. The van der Waals surface area contributed by atoms with E-state index in [1.165, 1.54) is 6.07 Å². The van der Waals surface area contributed by atoms with Crippen LogP contribution in [0.4, 0.5) is 18.9 Å². The first-order valence-electron chi connectivity index (χ1n) is 6.53. The first-order valence-corrected chi connectivity index (χ1v) is 7.33. The van der Waals surface area contributed by atoms with E-state index >= 15 is 0 Å². The number of rotatable bonds is 4. The van der Waals surface area contributed by atoms with Gasteiger partial charge in [-0.05, 0) is 29.7 Å². The summed E-state index contributed by atoms with van der Waals surface area (Å²) in [5.74, 6) is 0.121. The second-order valence-electron chi connectivity index (χ2n) is 4.88. The smallest absolute Gasteiger partial charge is 0.384 e. The molecule has 0 fully saturated rings. The van der Waals surface area contributed by atoms with Crippen molar-refractivity contribution < 1.29 is 13.2 Å². The minimum absolute atomic E-state index is 0.105. The summed E-state index contributed by atoms with van der Waals surface area (Å²) in [5.41, 5.74) is 0.543. The molecule has 5 heteroatoms. The van der Waals surface area contributed by atoms with Gasteiger partial charge in [-0.15, -0.1) is 0 Å². The number of halogens is 4. The van der Waals surface area contributed by atoms with Crippen molar-refractivity contribution in [3.8, 4) is 0 Å². The molecule has 0 aliphatic carbocycles. The van der Waals surface area contributed by atoms with Gasteiger partial charge in [-0.25, -0.2) is 0 Å². The number of nitrogens with one attached hydrogen (secondary N) is 1. The highest BCUT2D eigenvalue weighted by atomic mass is 79.9. The van der Waals surface area contributed by atoms with E-state index in [1.54, 1.807) is 6.07 Å². The molecule has 1 atom stereocenters. The highest BCUT2D eigenvalue weighted by Gasteiger charge is 2.33. The summed E-state index contributed by atoms with van der Waals surface area (Å²) in [7, 11) is 0. The maximum atomic E-state index is 13.0. The predicted molar refractivity (Wildman–Crippen MR) is 82.5 cm³/mol. The fraction of sp³-hybridized carbons (Fsp3) is 0.250. The lowest BCUT2D eigenvalue weighted by molar-refractivity contribution is -0.137. The standard InChI is InChI=1S/C16H15BrF3N/c1-11(12-5-3-2-4-6-12)10-21-15-8-7-13(17)9-14(15)16(18,19)20/h2-9,11,21H,10H2,1H3. The second kappa shape index (κ2) is 6.52. The molecule has 2 aromatic carbocycles. The Bertz CT molecular complexity index is 596. The minimum Gasteiger partial charge on any atom is -0.384 e. The third kappa shape index (κ3) is 4.24. The van der Waals surface area contributed by atoms with Gasteiger partial charge in [0.15, 0.2) is 0 Å². The van der Waals surface area contributed by atoms with Crippen molar-refractivity contribution in [2.24, 2.45) is 0 Å². The van der Waals surface area contributed by atoms with Gasteiger partial charge in [0.2, 0.25) is 0 Å². The molecule has 0 saturated carbocycles. The lowest BCUT2D eigenvalue weighted by Crippen LogP contribution is -2.14. The number of benzene rings is 2. The Balaban J connectivity index is 2.14. The van der Waals surface area contributed by atoms with Crippen molar-refractivity contribution >= 4 is 21.6 Å². The Hall–Kier alpha value is -1.49. The van der Waals surface area contributed by atoms with E-state index in [2.05, 4.69) is 21.2 Å². The van der Waals surface area contributed by atoms with Gasteiger partial charge in [0.05, 0.1) is 5.56 Å². The van der Waals surface area contributed by atoms with Crippen LogP contribution in [0.25, 0.3) is 0 Å². The monoisotopic (exact) mass is 357 g/mol. The molecule has 1 unspecified atom stereocenters. The van der Waals surface area contributed by atoms with Crippen LogP contribution in [0.2, 0.25) is 0 Å². The van der Waals surface area contributed by atoms with E-state index in [9.17, 15) is 13.2 Å². The number of hydrogen-bond acceptors (Lipinski definition) is 1. The number of alkyl halides is 3. The van der Waals surface area contributed by atoms with Gasteiger partial charge in [-0.2, -0.15) is 13.2 Å². The van der Waals surface area contributed by atoms with Gasteiger partial charge in [0.1, 0.15) is 0 Å². The Morgan fingerprint density at radius 2 is 1.76 bits per heavy atom. The summed E-state index contributed by atoms with van der Waals surface area (Å²) in [6, 6.07) is 13.8. The molecule has 1 nitrogen and oxygen atoms in total. The quantitative estimate of drug-likeness (QED) is 0.741. The van der Waals surface area contributed by atoms with Gasteiger partial charge >= 0.3 is 6.18 Å². The zero-order valence-electron chi connectivity index (χ0n) is 11.4. The average Bonchev–Trinajstić information content (AvgIpc) is 2.45. The Labute approximate surface area is 130 Å². The molecule has 0 radical (unpaired) electrons. The van der Waals surface area contributed by atoms with Crippen molar-refractivity contribution in [1.29, 1.82) is 0 Å². The van der Waals surface area contributed by atoms with E-state index < -0.39 is 11.7 Å². The van der Waals surface area contributed by atoms with Crippen LogP contribution in [0.5, 0.6) is 0 Å². The largest absolute Gasteiger partial charge is 0.418 e. The normalized spacial score (nSPS) is 13.0. The molecule has 21 heavy (non-hydrogen) atoms. The molecule has 1 N–H and O–H groups in total. The van der Waals surface area contributed by atoms with Crippen LogP contribution in [0.15, 0.2) is 53.0 Å². The third-order valence-corrected chi connectivity index (χ3v) is 3.75. The first kappa shape index (κ1) is 15.9. The van der Waals surface area contributed by atoms with Crippen LogP contribution in [0.1, 0.15) is 24.0 Å². The Morgan fingerprint density at radius 3 is 2.38 bits per heavy atom. The lowest BCUT2D eigenvalue weighted by Gasteiger charge is -2.18. The number of hydrogen-bond donors (Lipinski definition) is 1. The molecule has 0 bridgehead atoms. The first-order chi connectivity index (χ1) is 9.88. The summed E-state index contributed by atoms with van der Waals surface area (Å²) < 4.78 is 39.5. The lowest BCUT2D eigenvalue weighted by atomic mass is 10.0. The molecular weight excluding hydrogens is 343 g/mol. The molecule has 0 saturated heterocycles. The molecule has 0 spiro atoms. The molecular formula is C16H15BrF3N. The molecule has 0 aliphatic rings. The third-order valence-electron chi connectivity index (χ3n) is 3.25. The fourth-order valence-electron chi connectivity index (χ4n) is 2.07. The van der Waals surface area contributed by atoms with Crippen LogP contribution in [0, 0.1) is 0 Å². The second-order valence-corrected chi connectivity index (χ2v) is 5.80. The molecule has 0 amide bonds. The van der Waals surface area contributed by atoms with Crippen molar-refractivity contribution in [1.82, 2.24) is 0 Å². The average molecular weight is 358 g/mol. The molecule has 2 rings (SSSR count). The number of anilines is 1. The molecule has 112 valence electrons. The van der Waals surface area contributed by atoms with E-state index in [4.69, 9.17) is 0 Å². The van der Waals surface area contributed by atoms with E-state index in [0.29, 0.717) is 11.0 Å². The van der Waals surface area contributed by atoms with Crippen molar-refractivity contribution in [2.45, 2.75) is 19.0 Å². The maximum Gasteiger partial charge on any atom is 0.418 e. The van der Waals surface area contributed by atoms with Gasteiger partial charge in [0, 0.05) is 16.7 Å². The van der Waals surface area contributed by atoms with Gasteiger partial charge in [-0.3, -0.25) is 0 Å². The summed E-state index contributed by atoms with van der Waals surface area (Å²) in [5, 5.41) is 2.90. The summed E-state index contributed by atoms with van der Waals surface area (Å²) in [6.07, 6.45) is -4.37. The predicted octanol–water partition coefficient (Wildman–Crippen LogP) is 5.68. The maximum absolute atomic E-state index is 13.0. The van der Waals surface area contributed by atoms with Gasteiger partial charge in [-0.1, -0.05) is 53.2 Å². The van der Waals surface area contributed by atoms with Crippen LogP contribution in [-0.4, -0.2) is 6.54 Å². The van der Waals surface area contributed by atoms with Gasteiger partial charge in [0.25, 0.3) is 0 Å². The van der Waals surface area contributed by atoms with E-state index in [0.717, 1.165) is 11.6 Å². The van der Waals surface area contributed by atoms with Crippen molar-refractivity contribution in [3.63, 3.8) is 0 Å². The summed E-state index contributed by atoms with van der Waals surface area (Å²) in [6.45, 7) is 2.42. The van der Waals surface area contributed by atoms with Crippen LogP contribution in [0.3, 0.4) is 0 Å². The van der Waals surface area contributed by atoms with Crippen LogP contribution in [-0.2, 0) is 6.18 Å². The van der Waals surface area contributed by atoms with Crippen LogP contribution >= 0.6 is 15.9 Å². The Kier molecular flexibility index (Phi) is 4.93. The molecule has 0 aromatic heterocycles. The van der Waals surface area contributed by atoms with Gasteiger partial charge < -0.3 is 5.32 Å².